The molecular weight excluding hydrogens is 485 g/mol. The summed E-state index contributed by atoms with van der Waals surface area (Å²) in [5.41, 5.74) is 1.66. The molecule has 10 heteroatoms. The zero-order valence-electron chi connectivity index (χ0n) is 18.7. The van der Waals surface area contributed by atoms with E-state index in [2.05, 4.69) is 5.32 Å². The number of nitro benzene ring substituents is 1. The number of hydrogen-bond acceptors (Lipinski definition) is 5. The largest absolute Gasteiger partial charge is 0.354 e. The van der Waals surface area contributed by atoms with Gasteiger partial charge in [0, 0.05) is 31.0 Å². The Morgan fingerprint density at radius 2 is 1.70 bits per heavy atom. The molecule has 0 saturated carbocycles. The number of benzene rings is 2. The van der Waals surface area contributed by atoms with Gasteiger partial charge < -0.3 is 10.2 Å². The molecular formula is C23H27Cl2N3O4S. The van der Waals surface area contributed by atoms with E-state index in [1.165, 1.54) is 28.8 Å². The molecule has 0 bridgehead atoms. The maximum Gasteiger partial charge on any atom is 0.269 e. The number of nitrogens with one attached hydrogen (secondary N) is 1. The van der Waals surface area contributed by atoms with Gasteiger partial charge in [-0.15, -0.1) is 11.8 Å². The fraction of sp³-hybridized carbons (Fsp3) is 0.391. The summed E-state index contributed by atoms with van der Waals surface area (Å²) >= 11 is 13.5. The Labute approximate surface area is 208 Å². The molecule has 0 fully saturated rings. The van der Waals surface area contributed by atoms with Crippen LogP contribution in [-0.4, -0.2) is 40.0 Å². The monoisotopic (exact) mass is 511 g/mol. The molecule has 1 atom stereocenters. The van der Waals surface area contributed by atoms with E-state index in [4.69, 9.17) is 23.2 Å². The van der Waals surface area contributed by atoms with E-state index >= 15 is 0 Å². The van der Waals surface area contributed by atoms with Gasteiger partial charge in [0.25, 0.3) is 5.69 Å². The molecule has 0 spiro atoms. The first-order valence-corrected chi connectivity index (χ1v) is 12.3. The summed E-state index contributed by atoms with van der Waals surface area (Å²) in [5, 5.41) is 14.5. The fourth-order valence-corrected chi connectivity index (χ4v) is 4.11. The van der Waals surface area contributed by atoms with Crippen molar-refractivity contribution in [3.05, 3.63) is 73.8 Å². The number of nitrogens with zero attached hydrogens (tertiary/aromatic N) is 2. The van der Waals surface area contributed by atoms with Crippen molar-refractivity contribution in [1.29, 1.82) is 0 Å². The van der Waals surface area contributed by atoms with Crippen LogP contribution in [0.4, 0.5) is 5.69 Å². The highest BCUT2D eigenvalue weighted by molar-refractivity contribution is 7.99. The third-order valence-corrected chi connectivity index (χ3v) is 6.56. The number of carbonyl (C=O) groups is 2. The Bertz CT molecular complexity index is 986. The van der Waals surface area contributed by atoms with Gasteiger partial charge in [-0.3, -0.25) is 19.7 Å². The Hall–Kier alpha value is -2.29. The van der Waals surface area contributed by atoms with Crippen molar-refractivity contribution in [2.75, 3.05) is 12.3 Å². The second-order valence-corrected chi connectivity index (χ2v) is 9.80. The van der Waals surface area contributed by atoms with Gasteiger partial charge >= 0.3 is 0 Å². The molecule has 0 aliphatic carbocycles. The number of nitro groups is 1. The predicted molar refractivity (Wildman–Crippen MR) is 134 cm³/mol. The average Bonchev–Trinajstić information content (AvgIpc) is 2.77. The first-order chi connectivity index (χ1) is 15.6. The molecule has 0 heterocycles. The second-order valence-electron chi connectivity index (χ2n) is 8.00. The zero-order chi connectivity index (χ0) is 24.5. The van der Waals surface area contributed by atoms with Crippen molar-refractivity contribution in [3.8, 4) is 0 Å². The third-order valence-electron chi connectivity index (χ3n) is 4.83. The SMILES string of the molecule is CC(C)CNC(=O)C(C)N(Cc1ccc(Cl)c(Cl)c1)C(=O)CSCc1ccc([N+](=O)[O-])cc1. The van der Waals surface area contributed by atoms with Gasteiger partial charge in [-0.2, -0.15) is 0 Å². The van der Waals surface area contributed by atoms with Crippen LogP contribution in [0.3, 0.4) is 0 Å². The molecule has 0 aliphatic rings. The van der Waals surface area contributed by atoms with Gasteiger partial charge in [0.2, 0.25) is 11.8 Å². The molecule has 2 aromatic rings. The maximum atomic E-state index is 13.1. The Kier molecular flexibility index (Phi) is 10.5. The van der Waals surface area contributed by atoms with Gasteiger partial charge in [0.1, 0.15) is 6.04 Å². The first kappa shape index (κ1) is 27.0. The summed E-state index contributed by atoms with van der Waals surface area (Å²) in [6.45, 7) is 6.43. The van der Waals surface area contributed by atoms with Crippen LogP contribution < -0.4 is 5.32 Å². The molecule has 0 saturated heterocycles. The molecule has 0 radical (unpaired) electrons. The second kappa shape index (κ2) is 12.8. The standard InChI is InChI=1S/C23H27Cl2N3O4S/c1-15(2)11-26-23(30)16(3)27(12-18-6-9-20(24)21(25)10-18)22(29)14-33-13-17-4-7-19(8-5-17)28(31)32/h4-10,15-16H,11-14H2,1-3H3,(H,26,30). The summed E-state index contributed by atoms with van der Waals surface area (Å²) in [6.07, 6.45) is 0. The van der Waals surface area contributed by atoms with E-state index < -0.39 is 11.0 Å². The minimum atomic E-state index is -0.675. The summed E-state index contributed by atoms with van der Waals surface area (Å²) in [7, 11) is 0. The lowest BCUT2D eigenvalue weighted by Crippen LogP contribution is -2.48. The molecule has 2 amide bonds. The summed E-state index contributed by atoms with van der Waals surface area (Å²) in [6, 6.07) is 10.7. The minimum absolute atomic E-state index is 0.0221. The van der Waals surface area contributed by atoms with Crippen LogP contribution >= 0.6 is 35.0 Å². The van der Waals surface area contributed by atoms with E-state index in [0.717, 1.165) is 11.1 Å². The van der Waals surface area contributed by atoms with Crippen molar-refractivity contribution in [2.45, 2.75) is 39.1 Å². The van der Waals surface area contributed by atoms with Gasteiger partial charge in [0.05, 0.1) is 20.7 Å². The molecule has 0 aliphatic heterocycles. The highest BCUT2D eigenvalue weighted by Gasteiger charge is 2.26. The number of hydrogen-bond donors (Lipinski definition) is 1. The van der Waals surface area contributed by atoms with Crippen molar-refractivity contribution in [1.82, 2.24) is 10.2 Å². The van der Waals surface area contributed by atoms with Crippen LogP contribution in [0.2, 0.25) is 10.0 Å². The van der Waals surface area contributed by atoms with Crippen LogP contribution in [-0.2, 0) is 21.9 Å². The van der Waals surface area contributed by atoms with Crippen molar-refractivity contribution < 1.29 is 14.5 Å². The van der Waals surface area contributed by atoms with Gasteiger partial charge in [0.15, 0.2) is 0 Å². The lowest BCUT2D eigenvalue weighted by atomic mass is 10.1. The first-order valence-electron chi connectivity index (χ1n) is 10.4. The lowest BCUT2D eigenvalue weighted by Gasteiger charge is -2.29. The number of halogens is 2. The minimum Gasteiger partial charge on any atom is -0.354 e. The van der Waals surface area contributed by atoms with Crippen molar-refractivity contribution in [3.63, 3.8) is 0 Å². The number of carbonyl (C=O) groups excluding carboxylic acids is 2. The molecule has 0 aromatic heterocycles. The van der Waals surface area contributed by atoms with Crippen LogP contribution in [0.1, 0.15) is 31.9 Å². The molecule has 1 N–H and O–H groups in total. The summed E-state index contributed by atoms with van der Waals surface area (Å²) in [5.74, 6) is 0.536. The smallest absolute Gasteiger partial charge is 0.269 e. The van der Waals surface area contributed by atoms with Crippen LogP contribution in [0.15, 0.2) is 42.5 Å². The highest BCUT2D eigenvalue weighted by Crippen LogP contribution is 2.24. The van der Waals surface area contributed by atoms with Crippen LogP contribution in [0, 0.1) is 16.0 Å². The molecule has 2 rings (SSSR count). The molecule has 1 unspecified atom stereocenters. The van der Waals surface area contributed by atoms with E-state index in [1.54, 1.807) is 37.3 Å². The molecule has 2 aromatic carbocycles. The van der Waals surface area contributed by atoms with Gasteiger partial charge in [-0.1, -0.05) is 55.2 Å². The fourth-order valence-electron chi connectivity index (χ4n) is 2.92. The van der Waals surface area contributed by atoms with E-state index in [-0.39, 0.29) is 35.7 Å². The summed E-state index contributed by atoms with van der Waals surface area (Å²) in [4.78, 5) is 37.6. The Balaban J connectivity index is 2.08. The number of amides is 2. The number of non-ortho nitro benzene ring substituents is 1. The van der Waals surface area contributed by atoms with E-state index in [0.29, 0.717) is 22.3 Å². The average molecular weight is 512 g/mol. The van der Waals surface area contributed by atoms with Gasteiger partial charge in [-0.05, 0) is 36.1 Å². The normalized spacial score (nSPS) is 11.8. The third kappa shape index (κ3) is 8.53. The van der Waals surface area contributed by atoms with E-state index in [9.17, 15) is 19.7 Å². The Morgan fingerprint density at radius 3 is 2.27 bits per heavy atom. The quantitative estimate of drug-likeness (QED) is 0.325. The molecule has 178 valence electrons. The highest BCUT2D eigenvalue weighted by atomic mass is 35.5. The maximum absolute atomic E-state index is 13.1. The number of thioether (sulfide) groups is 1. The zero-order valence-corrected chi connectivity index (χ0v) is 21.0. The summed E-state index contributed by atoms with van der Waals surface area (Å²) < 4.78 is 0. The van der Waals surface area contributed by atoms with Crippen LogP contribution in [0.5, 0.6) is 0 Å². The van der Waals surface area contributed by atoms with Crippen molar-refractivity contribution in [2.24, 2.45) is 5.92 Å². The number of rotatable bonds is 11. The van der Waals surface area contributed by atoms with E-state index in [1.807, 2.05) is 13.8 Å². The lowest BCUT2D eigenvalue weighted by molar-refractivity contribution is -0.384. The molecule has 33 heavy (non-hydrogen) atoms. The Morgan fingerprint density at radius 1 is 1.06 bits per heavy atom. The molecule has 7 nitrogen and oxygen atoms in total. The predicted octanol–water partition coefficient (Wildman–Crippen LogP) is 5.32. The van der Waals surface area contributed by atoms with Gasteiger partial charge in [-0.25, -0.2) is 0 Å². The van der Waals surface area contributed by atoms with Crippen molar-refractivity contribution >= 4 is 52.5 Å². The topological polar surface area (TPSA) is 92.6 Å². The van der Waals surface area contributed by atoms with Crippen LogP contribution in [0.25, 0.3) is 0 Å².